The molecule has 0 heterocycles. The van der Waals surface area contributed by atoms with Crippen molar-refractivity contribution in [1.29, 1.82) is 0 Å². The van der Waals surface area contributed by atoms with E-state index in [1.165, 1.54) is 19.1 Å². The normalized spacial score (nSPS) is 11.3. The zero-order valence-corrected chi connectivity index (χ0v) is 15.2. The van der Waals surface area contributed by atoms with E-state index in [1.54, 1.807) is 19.2 Å². The van der Waals surface area contributed by atoms with Crippen molar-refractivity contribution < 1.29 is 23.9 Å². The summed E-state index contributed by atoms with van der Waals surface area (Å²) in [5.74, 6) is -0.723. The van der Waals surface area contributed by atoms with Gasteiger partial charge in [-0.05, 0) is 55.3 Å². The van der Waals surface area contributed by atoms with Crippen LogP contribution in [0, 0.1) is 0 Å². The molecule has 0 fully saturated rings. The van der Waals surface area contributed by atoms with Gasteiger partial charge in [-0.25, -0.2) is 0 Å². The van der Waals surface area contributed by atoms with Crippen LogP contribution in [0.25, 0.3) is 0 Å². The van der Waals surface area contributed by atoms with Crippen molar-refractivity contribution in [3.05, 3.63) is 59.7 Å². The molecule has 2 rings (SSSR count). The van der Waals surface area contributed by atoms with Crippen molar-refractivity contribution in [2.75, 3.05) is 12.4 Å². The second-order valence-corrected chi connectivity index (χ2v) is 5.91. The Hall–Kier alpha value is -3.35. The number of anilines is 1. The third-order valence-corrected chi connectivity index (χ3v) is 3.89. The van der Waals surface area contributed by atoms with Crippen LogP contribution in [0.2, 0.25) is 0 Å². The highest BCUT2D eigenvalue weighted by molar-refractivity contribution is 5.96. The van der Waals surface area contributed by atoms with Gasteiger partial charge in [0.25, 0.3) is 5.91 Å². The number of rotatable bonds is 8. The van der Waals surface area contributed by atoms with Crippen LogP contribution >= 0.6 is 0 Å². The summed E-state index contributed by atoms with van der Waals surface area (Å²) in [4.78, 5) is 35.1. The number of primary amides is 1. The molecule has 0 unspecified atom stereocenters. The van der Waals surface area contributed by atoms with Crippen molar-refractivity contribution in [2.24, 2.45) is 5.73 Å². The van der Waals surface area contributed by atoms with Crippen LogP contribution in [0.15, 0.2) is 48.5 Å². The van der Waals surface area contributed by atoms with Gasteiger partial charge in [0.05, 0.1) is 7.11 Å². The van der Waals surface area contributed by atoms with Crippen LogP contribution < -0.4 is 15.8 Å². The van der Waals surface area contributed by atoms with Crippen molar-refractivity contribution >= 4 is 23.5 Å². The van der Waals surface area contributed by atoms with E-state index in [-0.39, 0.29) is 6.42 Å². The summed E-state index contributed by atoms with van der Waals surface area (Å²) in [7, 11) is 1.59. The Morgan fingerprint density at radius 1 is 1.04 bits per heavy atom. The molecule has 0 saturated heterocycles. The van der Waals surface area contributed by atoms with Gasteiger partial charge in [-0.3, -0.25) is 14.4 Å². The summed E-state index contributed by atoms with van der Waals surface area (Å²) in [6, 6.07) is 13.5. The number of esters is 1. The highest BCUT2D eigenvalue weighted by Gasteiger charge is 2.18. The van der Waals surface area contributed by atoms with Gasteiger partial charge in [0, 0.05) is 17.7 Å². The predicted octanol–water partition coefficient (Wildman–Crippen LogP) is 2.30. The number of nitrogens with two attached hydrogens (primary N) is 1. The van der Waals surface area contributed by atoms with E-state index in [1.807, 2.05) is 24.3 Å². The van der Waals surface area contributed by atoms with E-state index in [2.05, 4.69) is 5.32 Å². The molecular formula is C20H22N2O5. The highest BCUT2D eigenvalue weighted by Crippen LogP contribution is 2.13. The first-order chi connectivity index (χ1) is 12.9. The number of carbonyl (C=O) groups excluding carboxylic acids is 3. The molecule has 2 aromatic carbocycles. The monoisotopic (exact) mass is 370 g/mol. The van der Waals surface area contributed by atoms with E-state index in [4.69, 9.17) is 15.2 Å². The average Bonchev–Trinajstić information content (AvgIpc) is 2.67. The fourth-order valence-electron chi connectivity index (χ4n) is 2.31. The molecule has 142 valence electrons. The third kappa shape index (κ3) is 6.14. The van der Waals surface area contributed by atoms with Gasteiger partial charge in [-0.1, -0.05) is 12.1 Å². The van der Waals surface area contributed by atoms with Gasteiger partial charge < -0.3 is 20.5 Å². The Kier molecular flexibility index (Phi) is 6.93. The van der Waals surface area contributed by atoms with Crippen molar-refractivity contribution in [3.63, 3.8) is 0 Å². The van der Waals surface area contributed by atoms with E-state index >= 15 is 0 Å². The number of nitrogens with one attached hydrogen (secondary N) is 1. The smallest absolute Gasteiger partial charge is 0.306 e. The molecule has 1 atom stereocenters. The first kappa shape index (κ1) is 20.0. The molecule has 0 aromatic heterocycles. The van der Waals surface area contributed by atoms with Crippen LogP contribution in [-0.2, 0) is 20.7 Å². The molecule has 3 N–H and O–H groups in total. The number of hydrogen-bond acceptors (Lipinski definition) is 5. The van der Waals surface area contributed by atoms with Crippen molar-refractivity contribution in [2.45, 2.75) is 25.9 Å². The molecule has 7 nitrogen and oxygen atoms in total. The molecular weight excluding hydrogens is 348 g/mol. The first-order valence-corrected chi connectivity index (χ1v) is 8.42. The maximum Gasteiger partial charge on any atom is 0.306 e. The highest BCUT2D eigenvalue weighted by atomic mass is 16.5. The zero-order valence-electron chi connectivity index (χ0n) is 15.2. The van der Waals surface area contributed by atoms with E-state index in [9.17, 15) is 14.4 Å². The molecule has 27 heavy (non-hydrogen) atoms. The fraction of sp³-hybridized carbons (Fsp3) is 0.250. The summed E-state index contributed by atoms with van der Waals surface area (Å²) < 4.78 is 10.2. The standard InChI is InChI=1S/C20H22N2O5/c1-13(20(25)22-16-8-6-15(7-9-16)19(21)24)27-18(23)12-5-14-3-10-17(26-2)11-4-14/h3-4,6-11,13H,5,12H2,1-2H3,(H2,21,24)(H,22,25)/t13-/m0/s1. The lowest BCUT2D eigenvalue weighted by Gasteiger charge is -2.14. The summed E-state index contributed by atoms with van der Waals surface area (Å²) in [6.45, 7) is 1.50. The number of benzene rings is 2. The van der Waals surface area contributed by atoms with E-state index in [0.29, 0.717) is 17.7 Å². The molecule has 0 saturated carbocycles. The van der Waals surface area contributed by atoms with Gasteiger partial charge in [-0.2, -0.15) is 0 Å². The van der Waals surface area contributed by atoms with E-state index < -0.39 is 23.9 Å². The predicted molar refractivity (Wildman–Crippen MR) is 100 cm³/mol. The second-order valence-electron chi connectivity index (χ2n) is 5.91. The molecule has 2 aromatic rings. The topological polar surface area (TPSA) is 108 Å². The SMILES string of the molecule is COc1ccc(CCC(=O)O[C@@H](C)C(=O)Nc2ccc(C(N)=O)cc2)cc1. The zero-order chi connectivity index (χ0) is 19.8. The first-order valence-electron chi connectivity index (χ1n) is 8.42. The lowest BCUT2D eigenvalue weighted by atomic mass is 10.1. The van der Waals surface area contributed by atoms with Gasteiger partial charge in [0.1, 0.15) is 5.75 Å². The fourth-order valence-corrected chi connectivity index (χ4v) is 2.31. The van der Waals surface area contributed by atoms with Crippen molar-refractivity contribution in [3.8, 4) is 5.75 Å². The number of methoxy groups -OCH3 is 1. The van der Waals surface area contributed by atoms with Crippen LogP contribution in [0.3, 0.4) is 0 Å². The van der Waals surface area contributed by atoms with Gasteiger partial charge >= 0.3 is 5.97 Å². The Morgan fingerprint density at radius 3 is 2.22 bits per heavy atom. The molecule has 2 amide bonds. The largest absolute Gasteiger partial charge is 0.497 e. The number of hydrogen-bond donors (Lipinski definition) is 2. The minimum atomic E-state index is -0.941. The van der Waals surface area contributed by atoms with Crippen LogP contribution in [0.4, 0.5) is 5.69 Å². The Labute approximate surface area is 157 Å². The summed E-state index contributed by atoms with van der Waals surface area (Å²) in [6.07, 6.45) is -0.271. The van der Waals surface area contributed by atoms with Gasteiger partial charge in [0.15, 0.2) is 6.10 Å². The summed E-state index contributed by atoms with van der Waals surface area (Å²) in [5, 5.41) is 2.62. The minimum Gasteiger partial charge on any atom is -0.497 e. The molecule has 0 spiro atoms. The molecule has 0 radical (unpaired) electrons. The quantitative estimate of drug-likeness (QED) is 0.693. The molecule has 0 aliphatic heterocycles. The lowest BCUT2D eigenvalue weighted by molar-refractivity contribution is -0.153. The number of ether oxygens (including phenoxy) is 2. The van der Waals surface area contributed by atoms with E-state index in [0.717, 1.165) is 11.3 Å². The van der Waals surface area contributed by atoms with Crippen LogP contribution in [0.5, 0.6) is 5.75 Å². The maximum atomic E-state index is 12.1. The van der Waals surface area contributed by atoms with Crippen molar-refractivity contribution in [1.82, 2.24) is 0 Å². The van der Waals surface area contributed by atoms with Gasteiger partial charge in [0.2, 0.25) is 5.91 Å². The average molecular weight is 370 g/mol. The van der Waals surface area contributed by atoms with Gasteiger partial charge in [-0.15, -0.1) is 0 Å². The van der Waals surface area contributed by atoms with Crippen LogP contribution in [0.1, 0.15) is 29.3 Å². The Morgan fingerprint density at radius 2 is 1.67 bits per heavy atom. The summed E-state index contributed by atoms with van der Waals surface area (Å²) >= 11 is 0. The molecule has 0 aliphatic rings. The molecule has 0 aliphatic carbocycles. The summed E-state index contributed by atoms with van der Waals surface area (Å²) in [5.41, 5.74) is 6.95. The third-order valence-electron chi connectivity index (χ3n) is 3.89. The molecule has 7 heteroatoms. The number of carbonyl (C=O) groups is 3. The van der Waals surface area contributed by atoms with Crippen LogP contribution in [-0.4, -0.2) is 31.0 Å². The molecule has 0 bridgehead atoms. The Bertz CT molecular complexity index is 800. The second kappa shape index (κ2) is 9.38. The minimum absolute atomic E-state index is 0.164. The number of amides is 2. The maximum absolute atomic E-state index is 12.1. The number of aryl methyl sites for hydroxylation is 1. The lowest BCUT2D eigenvalue weighted by Crippen LogP contribution is -2.30. The Balaban J connectivity index is 1.80.